The van der Waals surface area contributed by atoms with Crippen LogP contribution in [0.5, 0.6) is 0 Å². The Morgan fingerprint density at radius 2 is 1.97 bits per heavy atom. The van der Waals surface area contributed by atoms with Crippen LogP contribution in [0.4, 0.5) is 0 Å². The molecule has 0 spiro atoms. The van der Waals surface area contributed by atoms with E-state index in [1.807, 2.05) is 18.2 Å². The molecule has 29 heavy (non-hydrogen) atoms. The van der Waals surface area contributed by atoms with E-state index in [1.165, 1.54) is 16.7 Å². The molecule has 4 nitrogen and oxygen atoms in total. The van der Waals surface area contributed by atoms with Gasteiger partial charge in [-0.25, -0.2) is 0 Å². The predicted molar refractivity (Wildman–Crippen MR) is 115 cm³/mol. The molecule has 0 aliphatic heterocycles. The van der Waals surface area contributed by atoms with Crippen LogP contribution in [-0.2, 0) is 16.1 Å². The van der Waals surface area contributed by atoms with E-state index in [-0.39, 0.29) is 12.1 Å². The van der Waals surface area contributed by atoms with Gasteiger partial charge in [-0.3, -0.25) is 0 Å². The quantitative estimate of drug-likeness (QED) is 0.647. The molecule has 158 valence electrons. The first-order chi connectivity index (χ1) is 14.1. The van der Waals surface area contributed by atoms with Gasteiger partial charge in [0.15, 0.2) is 0 Å². The predicted octanol–water partition coefficient (Wildman–Crippen LogP) is 4.13. The molecule has 3 aliphatic rings. The SMILES string of the molecule is N[C@]1(CO)CC[C@H](C2C=C3CC[C@H](OCCOCc4ccccc4)CC3=CC2)C1. The molecule has 2 saturated carbocycles. The fourth-order valence-corrected chi connectivity index (χ4v) is 5.18. The molecule has 0 heterocycles. The van der Waals surface area contributed by atoms with Crippen molar-refractivity contribution in [3.63, 3.8) is 0 Å². The first-order valence-electron chi connectivity index (χ1n) is 11.2. The Labute approximate surface area is 174 Å². The number of allylic oxidation sites excluding steroid dienone is 3. The number of aliphatic hydroxyl groups is 1. The van der Waals surface area contributed by atoms with Gasteiger partial charge in [0.25, 0.3) is 0 Å². The van der Waals surface area contributed by atoms with Crippen molar-refractivity contribution in [1.29, 1.82) is 0 Å². The molecule has 3 aliphatic carbocycles. The average molecular weight is 398 g/mol. The van der Waals surface area contributed by atoms with Crippen molar-refractivity contribution in [2.45, 2.75) is 63.2 Å². The lowest BCUT2D eigenvalue weighted by Gasteiger charge is -2.33. The van der Waals surface area contributed by atoms with Gasteiger partial charge in [0.1, 0.15) is 0 Å². The Bertz CT molecular complexity index is 729. The third-order valence-electron chi connectivity index (χ3n) is 6.94. The van der Waals surface area contributed by atoms with Crippen molar-refractivity contribution in [2.75, 3.05) is 19.8 Å². The van der Waals surface area contributed by atoms with Crippen molar-refractivity contribution >= 4 is 0 Å². The summed E-state index contributed by atoms with van der Waals surface area (Å²) < 4.78 is 11.8. The first-order valence-corrected chi connectivity index (χ1v) is 11.2. The van der Waals surface area contributed by atoms with Gasteiger partial charge in [-0.1, -0.05) is 42.5 Å². The fraction of sp³-hybridized carbons (Fsp3) is 0.600. The first kappa shape index (κ1) is 20.8. The number of hydrogen-bond acceptors (Lipinski definition) is 4. The number of rotatable bonds is 8. The highest BCUT2D eigenvalue weighted by molar-refractivity contribution is 5.37. The van der Waals surface area contributed by atoms with E-state index in [0.29, 0.717) is 37.8 Å². The topological polar surface area (TPSA) is 64.7 Å². The van der Waals surface area contributed by atoms with E-state index in [0.717, 1.165) is 44.9 Å². The Morgan fingerprint density at radius 1 is 1.10 bits per heavy atom. The summed E-state index contributed by atoms with van der Waals surface area (Å²) in [6.45, 7) is 2.06. The van der Waals surface area contributed by atoms with Crippen molar-refractivity contribution in [3.05, 3.63) is 59.2 Å². The van der Waals surface area contributed by atoms with Crippen LogP contribution >= 0.6 is 0 Å². The van der Waals surface area contributed by atoms with E-state index in [4.69, 9.17) is 15.2 Å². The van der Waals surface area contributed by atoms with E-state index in [1.54, 1.807) is 0 Å². The van der Waals surface area contributed by atoms with Crippen LogP contribution in [0.15, 0.2) is 53.6 Å². The van der Waals surface area contributed by atoms with Gasteiger partial charge in [0.2, 0.25) is 0 Å². The van der Waals surface area contributed by atoms with Gasteiger partial charge in [-0.05, 0) is 73.5 Å². The molecule has 0 saturated heterocycles. The summed E-state index contributed by atoms with van der Waals surface area (Å²) in [5.41, 5.74) is 10.2. The minimum Gasteiger partial charge on any atom is -0.394 e. The van der Waals surface area contributed by atoms with Gasteiger partial charge in [0.05, 0.1) is 32.5 Å². The van der Waals surface area contributed by atoms with Crippen LogP contribution in [-0.4, -0.2) is 36.6 Å². The smallest absolute Gasteiger partial charge is 0.0718 e. The summed E-state index contributed by atoms with van der Waals surface area (Å²) in [5.74, 6) is 1.21. The Kier molecular flexibility index (Phi) is 6.86. The zero-order valence-electron chi connectivity index (χ0n) is 17.4. The molecule has 0 bridgehead atoms. The largest absolute Gasteiger partial charge is 0.394 e. The molecule has 1 unspecified atom stereocenters. The van der Waals surface area contributed by atoms with Crippen molar-refractivity contribution < 1.29 is 14.6 Å². The van der Waals surface area contributed by atoms with Crippen molar-refractivity contribution in [1.82, 2.24) is 0 Å². The zero-order valence-corrected chi connectivity index (χ0v) is 17.4. The average Bonchev–Trinajstić information content (AvgIpc) is 3.16. The van der Waals surface area contributed by atoms with Gasteiger partial charge in [0, 0.05) is 5.54 Å². The maximum atomic E-state index is 9.55. The molecular formula is C25H35NO3. The summed E-state index contributed by atoms with van der Waals surface area (Å²) in [7, 11) is 0. The third kappa shape index (κ3) is 5.37. The number of hydrogen-bond donors (Lipinski definition) is 2. The molecule has 0 amide bonds. The second kappa shape index (κ2) is 9.57. The Morgan fingerprint density at radius 3 is 2.76 bits per heavy atom. The summed E-state index contributed by atoms with van der Waals surface area (Å²) in [4.78, 5) is 0. The lowest BCUT2D eigenvalue weighted by molar-refractivity contribution is -0.00486. The van der Waals surface area contributed by atoms with E-state index < -0.39 is 0 Å². The van der Waals surface area contributed by atoms with Gasteiger partial charge in [-0.15, -0.1) is 0 Å². The van der Waals surface area contributed by atoms with E-state index >= 15 is 0 Å². The lowest BCUT2D eigenvalue weighted by atomic mass is 9.76. The second-order valence-electron chi connectivity index (χ2n) is 9.12. The molecule has 4 atom stereocenters. The Balaban J connectivity index is 1.18. The van der Waals surface area contributed by atoms with Crippen LogP contribution in [0.1, 0.15) is 50.5 Å². The maximum Gasteiger partial charge on any atom is 0.0718 e. The van der Waals surface area contributed by atoms with E-state index in [9.17, 15) is 5.11 Å². The molecule has 2 fully saturated rings. The monoisotopic (exact) mass is 397 g/mol. The molecule has 4 heteroatoms. The molecule has 1 aromatic carbocycles. The molecule has 3 N–H and O–H groups in total. The number of benzene rings is 1. The summed E-state index contributed by atoms with van der Waals surface area (Å²) >= 11 is 0. The minimum absolute atomic E-state index is 0.113. The highest BCUT2D eigenvalue weighted by atomic mass is 16.5. The number of nitrogens with two attached hydrogens (primary N) is 1. The minimum atomic E-state index is -0.346. The van der Waals surface area contributed by atoms with Crippen LogP contribution in [0.25, 0.3) is 0 Å². The number of ether oxygens (including phenoxy) is 2. The van der Waals surface area contributed by atoms with Gasteiger partial charge in [-0.2, -0.15) is 0 Å². The highest BCUT2D eigenvalue weighted by Gasteiger charge is 2.39. The summed E-state index contributed by atoms with van der Waals surface area (Å²) in [6, 6.07) is 10.3. The normalized spacial score (nSPS) is 31.9. The molecular weight excluding hydrogens is 362 g/mol. The Hall–Kier alpha value is -1.46. The number of aliphatic hydroxyl groups excluding tert-OH is 1. The second-order valence-corrected chi connectivity index (χ2v) is 9.12. The van der Waals surface area contributed by atoms with Gasteiger partial charge < -0.3 is 20.3 Å². The molecule has 0 radical (unpaired) electrons. The van der Waals surface area contributed by atoms with Crippen molar-refractivity contribution in [3.8, 4) is 0 Å². The zero-order chi connectivity index (χ0) is 20.1. The highest BCUT2D eigenvalue weighted by Crippen LogP contribution is 2.43. The third-order valence-corrected chi connectivity index (χ3v) is 6.94. The molecule has 1 aromatic rings. The maximum absolute atomic E-state index is 9.55. The van der Waals surface area contributed by atoms with E-state index in [2.05, 4.69) is 24.3 Å². The van der Waals surface area contributed by atoms with Crippen LogP contribution in [0.2, 0.25) is 0 Å². The van der Waals surface area contributed by atoms with Crippen molar-refractivity contribution in [2.24, 2.45) is 17.6 Å². The van der Waals surface area contributed by atoms with Gasteiger partial charge >= 0.3 is 0 Å². The number of fused-ring (bicyclic) bond motifs is 1. The standard InChI is InChI=1S/C25H35NO3/c26-25(18-27)11-10-23(16-25)21-6-7-22-15-24(9-8-20(22)14-21)29-13-12-28-17-19-4-2-1-3-5-19/h1-5,7,14,21,23-24,27H,6,8-13,15-18,26H2/t21?,23-,24-,25+/m0/s1. The molecule has 4 rings (SSSR count). The van der Waals surface area contributed by atoms with Crippen LogP contribution in [0.3, 0.4) is 0 Å². The molecule has 0 aromatic heterocycles. The summed E-state index contributed by atoms with van der Waals surface area (Å²) in [6.07, 6.45) is 12.7. The van der Waals surface area contributed by atoms with Crippen LogP contribution in [0, 0.1) is 11.8 Å². The van der Waals surface area contributed by atoms with Crippen LogP contribution < -0.4 is 5.73 Å². The fourth-order valence-electron chi connectivity index (χ4n) is 5.18. The lowest BCUT2D eigenvalue weighted by Crippen LogP contribution is -2.41. The summed E-state index contributed by atoms with van der Waals surface area (Å²) in [5, 5.41) is 9.55.